The summed E-state index contributed by atoms with van der Waals surface area (Å²) < 4.78 is 31.3. The van der Waals surface area contributed by atoms with Gasteiger partial charge in [-0.25, -0.2) is 13.2 Å². The van der Waals surface area contributed by atoms with Gasteiger partial charge < -0.3 is 9.73 Å². The molecule has 0 spiro atoms. The molecule has 0 saturated carbocycles. The van der Waals surface area contributed by atoms with Gasteiger partial charge in [0, 0.05) is 37.6 Å². The van der Waals surface area contributed by atoms with Crippen molar-refractivity contribution in [3.8, 4) is 0 Å². The van der Waals surface area contributed by atoms with Crippen LogP contribution in [0.5, 0.6) is 0 Å². The van der Waals surface area contributed by atoms with E-state index in [0.29, 0.717) is 24.1 Å². The van der Waals surface area contributed by atoms with Crippen LogP contribution < -0.4 is 10.9 Å². The Morgan fingerprint density at radius 2 is 2.00 bits per heavy atom. The van der Waals surface area contributed by atoms with Crippen LogP contribution in [0.25, 0.3) is 11.0 Å². The number of hydrogen-bond donors (Lipinski definition) is 1. The van der Waals surface area contributed by atoms with E-state index < -0.39 is 15.6 Å². The summed E-state index contributed by atoms with van der Waals surface area (Å²) in [5.74, 6) is 0. The van der Waals surface area contributed by atoms with Gasteiger partial charge in [0.1, 0.15) is 5.58 Å². The third-order valence-electron chi connectivity index (χ3n) is 3.54. The molecule has 2 heterocycles. The van der Waals surface area contributed by atoms with Crippen LogP contribution in [0.15, 0.2) is 44.4 Å². The Bertz CT molecular complexity index is 808. The van der Waals surface area contributed by atoms with Gasteiger partial charge in [0.15, 0.2) is 0 Å². The lowest BCUT2D eigenvalue weighted by molar-refractivity contribution is 0.274. The first-order valence-electron chi connectivity index (χ1n) is 6.21. The first kappa shape index (κ1) is 13.3. The second-order valence-electron chi connectivity index (χ2n) is 4.79. The Kier molecular flexibility index (Phi) is 3.12. The molecule has 1 aromatic heterocycles. The number of nitrogens with zero attached hydrogens (tertiary/aromatic N) is 1. The number of hydrogen-bond acceptors (Lipinski definition) is 5. The maximum absolute atomic E-state index is 12.5. The quantitative estimate of drug-likeness (QED) is 0.828. The van der Waals surface area contributed by atoms with Crippen molar-refractivity contribution in [3.63, 3.8) is 0 Å². The molecule has 1 aliphatic heterocycles. The van der Waals surface area contributed by atoms with Crippen molar-refractivity contribution in [2.45, 2.75) is 10.9 Å². The molecule has 3 rings (SSSR count). The van der Waals surface area contributed by atoms with E-state index in [1.807, 2.05) is 0 Å². The number of nitrogens with one attached hydrogen (secondary N) is 1. The van der Waals surface area contributed by atoms with E-state index in [0.717, 1.165) is 0 Å². The maximum atomic E-state index is 12.5. The molecule has 6 nitrogen and oxygen atoms in total. The molecule has 106 valence electrons. The molecule has 1 N–H and O–H groups in total. The fourth-order valence-corrected chi connectivity index (χ4v) is 3.49. The Morgan fingerprint density at radius 3 is 2.65 bits per heavy atom. The van der Waals surface area contributed by atoms with Crippen molar-refractivity contribution in [1.82, 2.24) is 9.62 Å². The third kappa shape index (κ3) is 2.13. The Balaban J connectivity index is 2.04. The molecule has 0 bridgehead atoms. The van der Waals surface area contributed by atoms with E-state index >= 15 is 0 Å². The minimum atomic E-state index is -3.53. The first-order valence-corrected chi connectivity index (χ1v) is 7.65. The largest absolute Gasteiger partial charge is 0.423 e. The molecule has 1 saturated heterocycles. The summed E-state index contributed by atoms with van der Waals surface area (Å²) in [6, 6.07) is 7.32. The van der Waals surface area contributed by atoms with Gasteiger partial charge >= 0.3 is 5.63 Å². The number of sulfonamides is 1. The molecule has 1 aliphatic rings. The molecule has 0 aliphatic carbocycles. The van der Waals surface area contributed by atoms with Gasteiger partial charge in [-0.3, -0.25) is 0 Å². The average molecular weight is 294 g/mol. The van der Waals surface area contributed by atoms with E-state index in [1.165, 1.54) is 28.6 Å². The summed E-state index contributed by atoms with van der Waals surface area (Å²) in [7, 11) is -1.95. The molecule has 2 aromatic rings. The number of rotatable bonds is 3. The van der Waals surface area contributed by atoms with Gasteiger partial charge in [0.2, 0.25) is 10.0 Å². The minimum absolute atomic E-state index is 0.00981. The SMILES string of the molecule is CN(C1CNC1)S(=O)(=O)c1ccc2oc(=O)ccc2c1. The molecule has 7 heteroatoms. The predicted molar refractivity (Wildman–Crippen MR) is 74.1 cm³/mol. The molecule has 1 fully saturated rings. The second-order valence-corrected chi connectivity index (χ2v) is 6.78. The van der Waals surface area contributed by atoms with Gasteiger partial charge in [0.25, 0.3) is 0 Å². The van der Waals surface area contributed by atoms with E-state index in [4.69, 9.17) is 4.42 Å². The van der Waals surface area contributed by atoms with Crippen molar-refractivity contribution >= 4 is 21.0 Å². The molecule has 0 atom stereocenters. The lowest BCUT2D eigenvalue weighted by atomic mass is 10.2. The second kappa shape index (κ2) is 4.69. The van der Waals surface area contributed by atoms with Crippen LogP contribution in [-0.2, 0) is 10.0 Å². The molecule has 0 unspecified atom stereocenters. The normalized spacial score (nSPS) is 16.5. The van der Waals surface area contributed by atoms with Gasteiger partial charge in [-0.1, -0.05) is 0 Å². The van der Waals surface area contributed by atoms with Gasteiger partial charge in [-0.05, 0) is 24.3 Å². The standard InChI is InChI=1S/C13H14N2O4S/c1-15(10-7-14-8-10)20(17,18)11-3-4-12-9(6-11)2-5-13(16)19-12/h2-6,10,14H,7-8H2,1H3. The van der Waals surface area contributed by atoms with E-state index in [9.17, 15) is 13.2 Å². The number of benzene rings is 1. The van der Waals surface area contributed by atoms with E-state index in [-0.39, 0.29) is 10.9 Å². The van der Waals surface area contributed by atoms with Crippen molar-refractivity contribution in [2.75, 3.05) is 20.1 Å². The van der Waals surface area contributed by atoms with Crippen molar-refractivity contribution in [1.29, 1.82) is 0 Å². The topological polar surface area (TPSA) is 79.6 Å². The fraction of sp³-hybridized carbons (Fsp3) is 0.308. The van der Waals surface area contributed by atoms with Gasteiger partial charge in [0.05, 0.1) is 4.90 Å². The number of likely N-dealkylation sites (N-methyl/N-ethyl adjacent to an activating group) is 1. The summed E-state index contributed by atoms with van der Waals surface area (Å²) in [5.41, 5.74) is -0.0739. The Hall–Kier alpha value is -1.70. The van der Waals surface area contributed by atoms with E-state index in [1.54, 1.807) is 13.1 Å². The van der Waals surface area contributed by atoms with Crippen molar-refractivity contribution in [3.05, 3.63) is 40.8 Å². The minimum Gasteiger partial charge on any atom is -0.423 e. The van der Waals surface area contributed by atoms with E-state index in [2.05, 4.69) is 5.32 Å². The lowest BCUT2D eigenvalue weighted by Crippen LogP contribution is -2.57. The number of fused-ring (bicyclic) bond motifs is 1. The summed E-state index contributed by atoms with van der Waals surface area (Å²) in [6.45, 7) is 1.33. The van der Waals surface area contributed by atoms with Crippen LogP contribution in [-0.4, -0.2) is 38.9 Å². The van der Waals surface area contributed by atoms with Crippen LogP contribution in [0.4, 0.5) is 0 Å². The smallest absolute Gasteiger partial charge is 0.336 e. The van der Waals surface area contributed by atoms with Crippen molar-refractivity contribution < 1.29 is 12.8 Å². The Morgan fingerprint density at radius 1 is 1.25 bits per heavy atom. The highest BCUT2D eigenvalue weighted by molar-refractivity contribution is 7.89. The van der Waals surface area contributed by atoms with Crippen LogP contribution in [0.2, 0.25) is 0 Å². The predicted octanol–water partition coefficient (Wildman–Crippen LogP) is 0.385. The third-order valence-corrected chi connectivity index (χ3v) is 5.45. The monoisotopic (exact) mass is 294 g/mol. The lowest BCUT2D eigenvalue weighted by Gasteiger charge is -2.34. The summed E-state index contributed by atoms with van der Waals surface area (Å²) in [6.07, 6.45) is 0. The average Bonchev–Trinajstić information content (AvgIpc) is 2.35. The van der Waals surface area contributed by atoms with Crippen molar-refractivity contribution in [2.24, 2.45) is 0 Å². The van der Waals surface area contributed by atoms with Crippen LogP contribution in [0.1, 0.15) is 0 Å². The summed E-state index contributed by atoms with van der Waals surface area (Å²) >= 11 is 0. The van der Waals surface area contributed by atoms with Gasteiger partial charge in [-0.15, -0.1) is 0 Å². The van der Waals surface area contributed by atoms with Crippen LogP contribution in [0.3, 0.4) is 0 Å². The van der Waals surface area contributed by atoms with Gasteiger partial charge in [-0.2, -0.15) is 4.31 Å². The zero-order valence-electron chi connectivity index (χ0n) is 10.9. The maximum Gasteiger partial charge on any atom is 0.336 e. The molecule has 0 amide bonds. The highest BCUT2D eigenvalue weighted by Gasteiger charge is 2.31. The fourth-order valence-electron chi connectivity index (χ4n) is 2.10. The highest BCUT2D eigenvalue weighted by Crippen LogP contribution is 2.22. The highest BCUT2D eigenvalue weighted by atomic mass is 32.2. The zero-order chi connectivity index (χ0) is 14.3. The molecular formula is C13H14N2O4S. The summed E-state index contributed by atoms with van der Waals surface area (Å²) in [5, 5.41) is 3.63. The first-order chi connectivity index (χ1) is 9.48. The van der Waals surface area contributed by atoms with Crippen LogP contribution >= 0.6 is 0 Å². The molecule has 0 radical (unpaired) electrons. The van der Waals surface area contributed by atoms with Crippen LogP contribution in [0, 0.1) is 0 Å². The summed E-state index contributed by atoms with van der Waals surface area (Å²) in [4.78, 5) is 11.3. The zero-order valence-corrected chi connectivity index (χ0v) is 11.7. The molecule has 20 heavy (non-hydrogen) atoms. The Labute approximate surface area is 116 Å². The molecule has 1 aromatic carbocycles. The molecular weight excluding hydrogens is 280 g/mol.